The van der Waals surface area contributed by atoms with E-state index in [1.54, 1.807) is 30.0 Å². The second-order valence-electron chi connectivity index (χ2n) is 9.80. The normalized spacial score (nSPS) is 15.8. The number of hydrogen-bond acceptors (Lipinski definition) is 8. The van der Waals surface area contributed by atoms with E-state index < -0.39 is 21.3 Å². The van der Waals surface area contributed by atoms with Crippen LogP contribution in [0.5, 0.6) is 0 Å². The van der Waals surface area contributed by atoms with E-state index in [9.17, 15) is 18.0 Å². The largest absolute Gasteiger partial charge is 0.355 e. The predicted molar refractivity (Wildman–Crippen MR) is 155 cm³/mol. The number of carbonyl (C=O) groups excluding carboxylic acids is 1. The number of pyridine rings is 2. The van der Waals surface area contributed by atoms with Crippen LogP contribution >= 0.6 is 11.6 Å². The summed E-state index contributed by atoms with van der Waals surface area (Å²) >= 11 is 6.33. The van der Waals surface area contributed by atoms with Crippen LogP contribution in [0, 0.1) is 12.7 Å². The minimum atomic E-state index is -3.80. The summed E-state index contributed by atoms with van der Waals surface area (Å²) in [6, 6.07) is 8.66. The van der Waals surface area contributed by atoms with Gasteiger partial charge in [0.05, 0.1) is 21.0 Å². The van der Waals surface area contributed by atoms with Crippen molar-refractivity contribution in [2.75, 3.05) is 30.8 Å². The molecule has 4 aromatic rings. The Morgan fingerprint density at radius 3 is 2.59 bits per heavy atom. The van der Waals surface area contributed by atoms with Crippen molar-refractivity contribution in [3.63, 3.8) is 0 Å². The highest BCUT2D eigenvalue weighted by atomic mass is 35.5. The van der Waals surface area contributed by atoms with Crippen LogP contribution in [0.15, 0.2) is 64.9 Å². The van der Waals surface area contributed by atoms with Crippen molar-refractivity contribution in [2.45, 2.75) is 24.8 Å². The number of amides is 1. The number of rotatable bonds is 5. The lowest BCUT2D eigenvalue weighted by Gasteiger charge is -2.40. The molecule has 0 saturated carbocycles. The van der Waals surface area contributed by atoms with Crippen molar-refractivity contribution in [3.8, 4) is 17.1 Å². The SMILES string of the molecule is C=CC(=O)N1CCN(c2nc(=O)n(-c3c(C)cccc3S(C)(=O)=O)c3nc(-c4ncccc4Cl)c(F)cc23)[C@@H](C)C1. The molecule has 3 aromatic heterocycles. The second kappa shape index (κ2) is 10.7. The molecule has 1 saturated heterocycles. The molecule has 1 atom stereocenters. The van der Waals surface area contributed by atoms with Crippen LogP contribution in [0.3, 0.4) is 0 Å². The number of carbonyl (C=O) groups is 1. The maximum atomic E-state index is 15.8. The zero-order chi connectivity index (χ0) is 29.6. The van der Waals surface area contributed by atoms with E-state index in [0.29, 0.717) is 25.2 Å². The Hall–Kier alpha value is -4.16. The Balaban J connectivity index is 1.84. The fraction of sp³-hybridized carbons (Fsp3) is 0.250. The van der Waals surface area contributed by atoms with Crippen molar-refractivity contribution in [1.82, 2.24) is 24.4 Å². The van der Waals surface area contributed by atoms with Crippen molar-refractivity contribution in [3.05, 3.63) is 82.1 Å². The molecular formula is C28H26ClFN6O4S. The Labute approximate surface area is 240 Å². The van der Waals surface area contributed by atoms with E-state index in [4.69, 9.17) is 11.6 Å². The van der Waals surface area contributed by atoms with Gasteiger partial charge in [-0.25, -0.2) is 27.2 Å². The number of aryl methyl sites for hydroxylation is 1. The van der Waals surface area contributed by atoms with E-state index in [2.05, 4.69) is 21.5 Å². The number of aromatic nitrogens is 4. The molecule has 10 nitrogen and oxygen atoms in total. The van der Waals surface area contributed by atoms with Gasteiger partial charge in [0, 0.05) is 38.1 Å². The number of para-hydroxylation sites is 1. The molecule has 41 heavy (non-hydrogen) atoms. The van der Waals surface area contributed by atoms with E-state index >= 15 is 4.39 Å². The van der Waals surface area contributed by atoms with Gasteiger partial charge in [-0.1, -0.05) is 30.3 Å². The van der Waals surface area contributed by atoms with Gasteiger partial charge in [0.15, 0.2) is 21.3 Å². The number of anilines is 1. The maximum absolute atomic E-state index is 15.8. The highest BCUT2D eigenvalue weighted by molar-refractivity contribution is 7.90. The first kappa shape index (κ1) is 28.4. The molecule has 0 unspecified atom stereocenters. The van der Waals surface area contributed by atoms with Crippen molar-refractivity contribution >= 4 is 44.2 Å². The summed E-state index contributed by atoms with van der Waals surface area (Å²) in [5.74, 6) is -0.811. The molecule has 0 N–H and O–H groups in total. The summed E-state index contributed by atoms with van der Waals surface area (Å²) in [5, 5.41) is 0.321. The number of benzene rings is 1. The standard InChI is InChI=1S/C28H26ClFN6O4S/c1-5-22(37)34-12-13-35(17(3)15-34)26-18-14-20(30)24(23-19(29)9-7-11-31-23)32-27(18)36(28(38)33-26)25-16(2)8-6-10-21(25)41(4,39)40/h5-11,14,17H,1,12-13,15H2,2-4H3/t17-/m0/s1. The summed E-state index contributed by atoms with van der Waals surface area (Å²) in [6.07, 6.45) is 3.72. The quantitative estimate of drug-likeness (QED) is 0.321. The van der Waals surface area contributed by atoms with Gasteiger partial charge in [-0.3, -0.25) is 9.78 Å². The summed E-state index contributed by atoms with van der Waals surface area (Å²) in [4.78, 5) is 42.4. The van der Waals surface area contributed by atoms with E-state index in [-0.39, 0.29) is 55.8 Å². The van der Waals surface area contributed by atoms with Gasteiger partial charge in [0.25, 0.3) is 0 Å². The summed E-state index contributed by atoms with van der Waals surface area (Å²) in [5.41, 5.74) is -0.439. The monoisotopic (exact) mass is 596 g/mol. The first-order chi connectivity index (χ1) is 19.4. The molecule has 1 aliphatic heterocycles. The van der Waals surface area contributed by atoms with Crippen LogP contribution in [-0.4, -0.2) is 70.7 Å². The number of sulfone groups is 1. The van der Waals surface area contributed by atoms with Gasteiger partial charge in [-0.2, -0.15) is 4.98 Å². The first-order valence-electron chi connectivity index (χ1n) is 12.6. The number of nitrogens with zero attached hydrogens (tertiary/aromatic N) is 6. The average Bonchev–Trinajstić information content (AvgIpc) is 2.92. The van der Waals surface area contributed by atoms with Crippen LogP contribution in [0.2, 0.25) is 5.02 Å². The van der Waals surface area contributed by atoms with Crippen LogP contribution < -0.4 is 10.6 Å². The van der Waals surface area contributed by atoms with Crippen LogP contribution in [-0.2, 0) is 14.6 Å². The third kappa shape index (κ3) is 5.08. The highest BCUT2D eigenvalue weighted by Crippen LogP contribution is 2.34. The Kier molecular flexibility index (Phi) is 7.39. The van der Waals surface area contributed by atoms with Crippen LogP contribution in [0.1, 0.15) is 12.5 Å². The summed E-state index contributed by atoms with van der Waals surface area (Å²) in [7, 11) is -3.80. The van der Waals surface area contributed by atoms with Crippen LogP contribution in [0.25, 0.3) is 28.1 Å². The fourth-order valence-electron chi connectivity index (χ4n) is 5.07. The van der Waals surface area contributed by atoms with Crippen molar-refractivity contribution in [1.29, 1.82) is 0 Å². The molecule has 0 spiro atoms. The fourth-order valence-corrected chi connectivity index (χ4v) is 6.21. The maximum Gasteiger partial charge on any atom is 0.355 e. The molecule has 0 radical (unpaired) electrons. The van der Waals surface area contributed by atoms with Crippen LogP contribution in [0.4, 0.5) is 10.2 Å². The van der Waals surface area contributed by atoms with E-state index in [0.717, 1.165) is 10.8 Å². The molecule has 4 heterocycles. The minimum Gasteiger partial charge on any atom is -0.350 e. The molecular weight excluding hydrogens is 571 g/mol. The lowest BCUT2D eigenvalue weighted by Crippen LogP contribution is -2.54. The molecule has 1 amide bonds. The van der Waals surface area contributed by atoms with E-state index in [1.165, 1.54) is 30.5 Å². The lowest BCUT2D eigenvalue weighted by atomic mass is 10.1. The van der Waals surface area contributed by atoms with Gasteiger partial charge < -0.3 is 9.80 Å². The number of halogens is 2. The summed E-state index contributed by atoms with van der Waals surface area (Å²) in [6.45, 7) is 8.02. The molecule has 1 fully saturated rings. The highest BCUT2D eigenvalue weighted by Gasteiger charge is 2.31. The second-order valence-corrected chi connectivity index (χ2v) is 12.2. The van der Waals surface area contributed by atoms with Gasteiger partial charge in [0.1, 0.15) is 17.2 Å². The zero-order valence-electron chi connectivity index (χ0n) is 22.5. The molecule has 1 aliphatic rings. The van der Waals surface area contributed by atoms with Crippen molar-refractivity contribution < 1.29 is 17.6 Å². The first-order valence-corrected chi connectivity index (χ1v) is 14.9. The predicted octanol–water partition coefficient (Wildman–Crippen LogP) is 3.57. The number of piperazine rings is 1. The Morgan fingerprint density at radius 1 is 1.17 bits per heavy atom. The third-order valence-electron chi connectivity index (χ3n) is 6.99. The van der Waals surface area contributed by atoms with Gasteiger partial charge in [0.2, 0.25) is 5.91 Å². The number of hydrogen-bond donors (Lipinski definition) is 0. The molecule has 5 rings (SSSR count). The van der Waals surface area contributed by atoms with Crippen molar-refractivity contribution in [2.24, 2.45) is 0 Å². The minimum absolute atomic E-state index is 0.0193. The lowest BCUT2D eigenvalue weighted by molar-refractivity contribution is -0.126. The van der Waals surface area contributed by atoms with Gasteiger partial charge in [-0.15, -0.1) is 0 Å². The molecule has 212 valence electrons. The number of fused-ring (bicyclic) bond motifs is 1. The average molecular weight is 597 g/mol. The van der Waals surface area contributed by atoms with Gasteiger partial charge in [-0.05, 0) is 49.8 Å². The van der Waals surface area contributed by atoms with Gasteiger partial charge >= 0.3 is 5.69 Å². The zero-order valence-corrected chi connectivity index (χ0v) is 24.1. The topological polar surface area (TPSA) is 118 Å². The smallest absolute Gasteiger partial charge is 0.350 e. The molecule has 0 aliphatic carbocycles. The Morgan fingerprint density at radius 2 is 1.93 bits per heavy atom. The summed E-state index contributed by atoms with van der Waals surface area (Å²) < 4.78 is 42.4. The molecule has 0 bridgehead atoms. The molecule has 1 aromatic carbocycles. The molecule has 13 heteroatoms. The third-order valence-corrected chi connectivity index (χ3v) is 8.43. The van der Waals surface area contributed by atoms with E-state index in [1.807, 2.05) is 11.8 Å². The Bertz CT molecular complexity index is 1900.